The zero-order valence-corrected chi connectivity index (χ0v) is 16.4. The van der Waals surface area contributed by atoms with E-state index in [9.17, 15) is 4.79 Å². The van der Waals surface area contributed by atoms with Crippen LogP contribution in [0.2, 0.25) is 0 Å². The largest absolute Gasteiger partial charge is 0.369 e. The van der Waals surface area contributed by atoms with Crippen LogP contribution in [0, 0.1) is 11.8 Å². The number of para-hydroxylation sites is 1. The van der Waals surface area contributed by atoms with E-state index in [2.05, 4.69) is 52.0 Å². The Hall–Kier alpha value is -1.79. The molecule has 1 aromatic carbocycles. The fraction of sp³-hybridized carbons (Fsp3) is 0.609. The SMILES string of the molecule is CC(=O)CCCCCCCCC#CCN1CCN(c2ccccc2)CC1. The van der Waals surface area contributed by atoms with Gasteiger partial charge >= 0.3 is 0 Å². The molecule has 0 aromatic heterocycles. The van der Waals surface area contributed by atoms with Crippen molar-refractivity contribution in [3.63, 3.8) is 0 Å². The summed E-state index contributed by atoms with van der Waals surface area (Å²) in [5.41, 5.74) is 1.33. The highest BCUT2D eigenvalue weighted by molar-refractivity contribution is 5.75. The van der Waals surface area contributed by atoms with Crippen molar-refractivity contribution in [1.29, 1.82) is 0 Å². The molecule has 2 rings (SSSR count). The average Bonchev–Trinajstić information content (AvgIpc) is 2.67. The van der Waals surface area contributed by atoms with Crippen LogP contribution in [0.3, 0.4) is 0 Å². The first-order valence-electron chi connectivity index (χ1n) is 10.2. The van der Waals surface area contributed by atoms with E-state index in [1.165, 1.54) is 37.8 Å². The molecular formula is C23H34N2O. The molecule has 0 atom stereocenters. The number of nitrogens with zero attached hydrogens (tertiary/aromatic N) is 2. The third kappa shape index (κ3) is 8.54. The normalized spacial score (nSPS) is 14.7. The second-order valence-corrected chi connectivity index (χ2v) is 7.28. The Labute approximate surface area is 159 Å². The van der Waals surface area contributed by atoms with E-state index in [1.54, 1.807) is 6.92 Å². The van der Waals surface area contributed by atoms with E-state index in [-0.39, 0.29) is 0 Å². The molecule has 3 heteroatoms. The van der Waals surface area contributed by atoms with Crippen LogP contribution in [-0.2, 0) is 4.79 Å². The van der Waals surface area contributed by atoms with Gasteiger partial charge in [-0.05, 0) is 31.9 Å². The molecule has 1 saturated heterocycles. The van der Waals surface area contributed by atoms with Crippen LogP contribution in [-0.4, -0.2) is 43.4 Å². The van der Waals surface area contributed by atoms with Crippen LogP contribution in [0.4, 0.5) is 5.69 Å². The van der Waals surface area contributed by atoms with Gasteiger partial charge in [0.25, 0.3) is 0 Å². The molecule has 0 saturated carbocycles. The van der Waals surface area contributed by atoms with Crippen molar-refractivity contribution in [2.75, 3.05) is 37.6 Å². The Morgan fingerprint density at radius 1 is 0.885 bits per heavy atom. The smallest absolute Gasteiger partial charge is 0.129 e. The molecule has 0 spiro atoms. The second kappa shape index (κ2) is 12.5. The lowest BCUT2D eigenvalue weighted by molar-refractivity contribution is -0.117. The number of hydrogen-bond donors (Lipinski definition) is 0. The van der Waals surface area contributed by atoms with Crippen molar-refractivity contribution in [2.45, 2.75) is 58.3 Å². The molecule has 1 aliphatic heterocycles. The van der Waals surface area contributed by atoms with Crippen LogP contribution in [0.1, 0.15) is 58.3 Å². The first-order valence-corrected chi connectivity index (χ1v) is 10.2. The minimum Gasteiger partial charge on any atom is -0.369 e. The zero-order valence-electron chi connectivity index (χ0n) is 16.4. The molecule has 26 heavy (non-hydrogen) atoms. The molecule has 0 amide bonds. The number of Topliss-reactive ketones (excluding diaryl/α,β-unsaturated/α-hetero) is 1. The first-order chi connectivity index (χ1) is 12.8. The topological polar surface area (TPSA) is 23.6 Å². The third-order valence-electron chi connectivity index (χ3n) is 5.00. The Balaban J connectivity index is 1.46. The molecule has 142 valence electrons. The summed E-state index contributed by atoms with van der Waals surface area (Å²) < 4.78 is 0. The van der Waals surface area contributed by atoms with Gasteiger partial charge in [-0.1, -0.05) is 49.8 Å². The highest BCUT2D eigenvalue weighted by Gasteiger charge is 2.15. The van der Waals surface area contributed by atoms with Crippen molar-refractivity contribution < 1.29 is 4.79 Å². The summed E-state index contributed by atoms with van der Waals surface area (Å²) in [6, 6.07) is 10.7. The molecule has 1 aromatic rings. The summed E-state index contributed by atoms with van der Waals surface area (Å²) >= 11 is 0. The highest BCUT2D eigenvalue weighted by Crippen LogP contribution is 2.15. The number of rotatable bonds is 10. The molecule has 1 fully saturated rings. The van der Waals surface area contributed by atoms with Crippen LogP contribution in [0.25, 0.3) is 0 Å². The number of ketones is 1. The van der Waals surface area contributed by atoms with Gasteiger partial charge in [0.05, 0.1) is 6.54 Å². The maximum Gasteiger partial charge on any atom is 0.129 e. The zero-order chi connectivity index (χ0) is 18.5. The maximum atomic E-state index is 10.9. The molecule has 0 N–H and O–H groups in total. The molecule has 0 radical (unpaired) electrons. The predicted octanol–water partition coefficient (Wildman–Crippen LogP) is 4.52. The van der Waals surface area contributed by atoms with E-state index in [1.807, 2.05) is 0 Å². The first kappa shape index (κ1) is 20.5. The maximum absolute atomic E-state index is 10.9. The van der Waals surface area contributed by atoms with E-state index in [4.69, 9.17) is 0 Å². The van der Waals surface area contributed by atoms with Crippen molar-refractivity contribution in [3.8, 4) is 11.8 Å². The molecule has 1 aliphatic rings. The fourth-order valence-corrected chi connectivity index (χ4v) is 3.35. The number of unbranched alkanes of at least 4 members (excludes halogenated alkanes) is 6. The number of hydrogen-bond acceptors (Lipinski definition) is 3. The molecule has 3 nitrogen and oxygen atoms in total. The number of benzene rings is 1. The van der Waals surface area contributed by atoms with Gasteiger partial charge in [0.2, 0.25) is 0 Å². The number of piperazine rings is 1. The van der Waals surface area contributed by atoms with Gasteiger partial charge in [-0.15, -0.1) is 5.92 Å². The number of carbonyl (C=O) groups is 1. The summed E-state index contributed by atoms with van der Waals surface area (Å²) in [5.74, 6) is 7.02. The summed E-state index contributed by atoms with van der Waals surface area (Å²) in [4.78, 5) is 15.8. The monoisotopic (exact) mass is 354 g/mol. The van der Waals surface area contributed by atoms with Crippen LogP contribution in [0.5, 0.6) is 0 Å². The van der Waals surface area contributed by atoms with Crippen LogP contribution < -0.4 is 4.90 Å². The van der Waals surface area contributed by atoms with Gasteiger partial charge in [-0.2, -0.15) is 0 Å². The van der Waals surface area contributed by atoms with Gasteiger partial charge < -0.3 is 9.69 Å². The Morgan fingerprint density at radius 3 is 2.23 bits per heavy atom. The summed E-state index contributed by atoms with van der Waals surface area (Å²) in [6.07, 6.45) is 9.05. The quantitative estimate of drug-likeness (QED) is 0.456. The summed E-state index contributed by atoms with van der Waals surface area (Å²) in [5, 5.41) is 0. The third-order valence-corrected chi connectivity index (χ3v) is 5.00. The molecule has 0 bridgehead atoms. The fourth-order valence-electron chi connectivity index (χ4n) is 3.35. The van der Waals surface area contributed by atoms with Crippen LogP contribution >= 0.6 is 0 Å². The lowest BCUT2D eigenvalue weighted by atomic mass is 10.1. The lowest BCUT2D eigenvalue weighted by Gasteiger charge is -2.35. The Morgan fingerprint density at radius 2 is 1.54 bits per heavy atom. The van der Waals surface area contributed by atoms with E-state index >= 15 is 0 Å². The van der Waals surface area contributed by atoms with Crippen molar-refractivity contribution in [3.05, 3.63) is 30.3 Å². The van der Waals surface area contributed by atoms with Crippen molar-refractivity contribution in [1.82, 2.24) is 4.90 Å². The molecule has 1 heterocycles. The lowest BCUT2D eigenvalue weighted by Crippen LogP contribution is -2.46. The van der Waals surface area contributed by atoms with Gasteiger partial charge in [0, 0.05) is 44.7 Å². The van der Waals surface area contributed by atoms with Crippen molar-refractivity contribution >= 4 is 11.5 Å². The van der Waals surface area contributed by atoms with Gasteiger partial charge in [-0.3, -0.25) is 4.90 Å². The summed E-state index contributed by atoms with van der Waals surface area (Å²) in [6.45, 7) is 6.98. The van der Waals surface area contributed by atoms with Gasteiger partial charge in [0.1, 0.15) is 5.78 Å². The molecular weight excluding hydrogens is 320 g/mol. The van der Waals surface area contributed by atoms with E-state index < -0.39 is 0 Å². The number of carbonyl (C=O) groups excluding carboxylic acids is 1. The number of anilines is 1. The van der Waals surface area contributed by atoms with Gasteiger partial charge in [-0.25, -0.2) is 0 Å². The standard InChI is InChI=1S/C23H34N2O/c1-22(26)14-10-7-5-3-2-4-6-8-13-17-24-18-20-25(21-19-24)23-15-11-9-12-16-23/h9,11-12,15-16H,2-7,10,14,17-21H2,1H3. The van der Waals surface area contributed by atoms with Gasteiger partial charge in [0.15, 0.2) is 0 Å². The van der Waals surface area contributed by atoms with E-state index in [0.29, 0.717) is 5.78 Å². The highest BCUT2D eigenvalue weighted by atomic mass is 16.1. The second-order valence-electron chi connectivity index (χ2n) is 7.28. The Bertz CT molecular complexity index is 565. The van der Waals surface area contributed by atoms with Crippen LogP contribution in [0.15, 0.2) is 30.3 Å². The predicted molar refractivity (Wildman–Crippen MR) is 110 cm³/mol. The molecule has 0 unspecified atom stereocenters. The summed E-state index contributed by atoms with van der Waals surface area (Å²) in [7, 11) is 0. The van der Waals surface area contributed by atoms with E-state index in [0.717, 1.165) is 52.0 Å². The molecule has 0 aliphatic carbocycles. The minimum atomic E-state index is 0.321. The van der Waals surface area contributed by atoms with Crippen molar-refractivity contribution in [2.24, 2.45) is 0 Å². The average molecular weight is 355 g/mol. The Kier molecular flexibility index (Phi) is 9.90. The minimum absolute atomic E-state index is 0.321.